The van der Waals surface area contributed by atoms with Crippen LogP contribution in [0, 0.1) is 5.82 Å². The second-order valence-corrected chi connectivity index (χ2v) is 4.51. The Labute approximate surface area is 93.9 Å². The van der Waals surface area contributed by atoms with Gasteiger partial charge in [-0.1, -0.05) is 6.42 Å². The van der Waals surface area contributed by atoms with E-state index in [-0.39, 0.29) is 11.2 Å². The fourth-order valence-electron chi connectivity index (χ4n) is 1.95. The molecular formula is C11H14ClFN2. The van der Waals surface area contributed by atoms with Crippen molar-refractivity contribution < 1.29 is 4.39 Å². The fraction of sp³-hybridized carbons (Fsp3) is 0.545. The van der Waals surface area contributed by atoms with E-state index < -0.39 is 0 Å². The lowest BCUT2D eigenvalue weighted by atomic mass is 10.2. The molecule has 15 heavy (non-hydrogen) atoms. The summed E-state index contributed by atoms with van der Waals surface area (Å²) < 4.78 is 12.8. The second-order valence-electron chi connectivity index (χ2n) is 3.95. The molecule has 2 nitrogen and oxygen atoms in total. The molecule has 0 aliphatic heterocycles. The van der Waals surface area contributed by atoms with Crippen LogP contribution in [0.3, 0.4) is 0 Å². The van der Waals surface area contributed by atoms with E-state index in [0.29, 0.717) is 12.6 Å². The predicted molar refractivity (Wildman–Crippen MR) is 58.3 cm³/mol. The quantitative estimate of drug-likeness (QED) is 0.804. The van der Waals surface area contributed by atoms with Gasteiger partial charge in [0.2, 0.25) is 0 Å². The Morgan fingerprint density at radius 1 is 1.47 bits per heavy atom. The van der Waals surface area contributed by atoms with E-state index in [9.17, 15) is 4.39 Å². The minimum atomic E-state index is -0.289. The highest BCUT2D eigenvalue weighted by Gasteiger charge is 2.24. The van der Waals surface area contributed by atoms with Crippen molar-refractivity contribution in [2.45, 2.75) is 37.2 Å². The zero-order valence-electron chi connectivity index (χ0n) is 8.42. The molecule has 1 saturated carbocycles. The van der Waals surface area contributed by atoms with Crippen molar-refractivity contribution in [3.63, 3.8) is 0 Å². The van der Waals surface area contributed by atoms with E-state index in [4.69, 9.17) is 11.6 Å². The Kier molecular flexibility index (Phi) is 3.54. The number of nitrogens with one attached hydrogen (secondary N) is 1. The van der Waals surface area contributed by atoms with Crippen molar-refractivity contribution >= 4 is 11.6 Å². The highest BCUT2D eigenvalue weighted by atomic mass is 35.5. The van der Waals surface area contributed by atoms with Gasteiger partial charge < -0.3 is 5.32 Å². The van der Waals surface area contributed by atoms with Crippen molar-refractivity contribution in [1.29, 1.82) is 0 Å². The van der Waals surface area contributed by atoms with Crippen LogP contribution < -0.4 is 5.32 Å². The molecule has 0 radical (unpaired) electrons. The van der Waals surface area contributed by atoms with Crippen molar-refractivity contribution in [3.05, 3.63) is 29.8 Å². The second kappa shape index (κ2) is 4.90. The summed E-state index contributed by atoms with van der Waals surface area (Å²) in [5.41, 5.74) is 0.866. The number of rotatable bonds is 3. The van der Waals surface area contributed by atoms with Crippen molar-refractivity contribution in [3.8, 4) is 0 Å². The lowest BCUT2D eigenvalue weighted by molar-refractivity contribution is 0.525. The first-order valence-electron chi connectivity index (χ1n) is 5.22. The first kappa shape index (κ1) is 10.8. The van der Waals surface area contributed by atoms with Gasteiger partial charge in [-0.2, -0.15) is 0 Å². The smallest absolute Gasteiger partial charge is 0.141 e. The average Bonchev–Trinajstić information content (AvgIpc) is 2.61. The number of alkyl halides is 1. The molecule has 0 amide bonds. The van der Waals surface area contributed by atoms with Crippen LogP contribution in [0.15, 0.2) is 18.5 Å². The van der Waals surface area contributed by atoms with E-state index in [1.165, 1.54) is 18.7 Å². The molecule has 0 saturated heterocycles. The number of pyridine rings is 1. The number of hydrogen-bond acceptors (Lipinski definition) is 2. The van der Waals surface area contributed by atoms with Gasteiger partial charge in [0.25, 0.3) is 0 Å². The number of hydrogen-bond donors (Lipinski definition) is 1. The van der Waals surface area contributed by atoms with Gasteiger partial charge in [0.15, 0.2) is 0 Å². The Hall–Kier alpha value is -0.670. The summed E-state index contributed by atoms with van der Waals surface area (Å²) in [5, 5.41) is 3.55. The largest absolute Gasteiger partial charge is 0.308 e. The zero-order valence-corrected chi connectivity index (χ0v) is 9.17. The molecule has 0 bridgehead atoms. The molecule has 4 heteroatoms. The summed E-state index contributed by atoms with van der Waals surface area (Å²) in [5.74, 6) is -0.289. The van der Waals surface area contributed by atoms with E-state index >= 15 is 0 Å². The Bertz CT molecular complexity index is 332. The van der Waals surface area contributed by atoms with Gasteiger partial charge in [0, 0.05) is 24.2 Å². The fourth-order valence-corrected chi connectivity index (χ4v) is 2.32. The van der Waals surface area contributed by atoms with Crippen LogP contribution in [0.25, 0.3) is 0 Å². The number of aromatic nitrogens is 1. The van der Waals surface area contributed by atoms with Crippen molar-refractivity contribution in [2.24, 2.45) is 0 Å². The van der Waals surface area contributed by atoms with Crippen LogP contribution in [-0.2, 0) is 6.54 Å². The molecular weight excluding hydrogens is 215 g/mol. The van der Waals surface area contributed by atoms with Gasteiger partial charge in [-0.15, -0.1) is 11.6 Å². The SMILES string of the molecule is Fc1cncc(CNC2CCCC2Cl)c1. The maximum Gasteiger partial charge on any atom is 0.141 e. The van der Waals surface area contributed by atoms with E-state index in [2.05, 4.69) is 10.3 Å². The standard InChI is InChI=1S/C11H14ClFN2/c12-10-2-1-3-11(10)15-6-8-4-9(13)7-14-5-8/h4-5,7,10-11,15H,1-3,6H2. The minimum absolute atomic E-state index is 0.214. The molecule has 1 N–H and O–H groups in total. The Balaban J connectivity index is 1.87. The lowest BCUT2D eigenvalue weighted by Gasteiger charge is -2.15. The maximum atomic E-state index is 12.8. The minimum Gasteiger partial charge on any atom is -0.308 e. The monoisotopic (exact) mass is 228 g/mol. The third kappa shape index (κ3) is 2.89. The third-order valence-electron chi connectivity index (χ3n) is 2.76. The van der Waals surface area contributed by atoms with Gasteiger partial charge in [-0.3, -0.25) is 4.98 Å². The first-order chi connectivity index (χ1) is 7.25. The van der Waals surface area contributed by atoms with Crippen LogP contribution in [0.1, 0.15) is 24.8 Å². The molecule has 0 spiro atoms. The molecule has 0 aromatic carbocycles. The van der Waals surface area contributed by atoms with Crippen molar-refractivity contribution in [1.82, 2.24) is 10.3 Å². The Morgan fingerprint density at radius 2 is 2.33 bits per heavy atom. The van der Waals surface area contributed by atoms with Gasteiger partial charge in [0.1, 0.15) is 5.82 Å². The molecule has 82 valence electrons. The van der Waals surface area contributed by atoms with Crippen LogP contribution >= 0.6 is 11.6 Å². The van der Waals surface area contributed by atoms with Gasteiger partial charge in [-0.05, 0) is 24.5 Å². The highest BCUT2D eigenvalue weighted by Crippen LogP contribution is 2.24. The maximum absolute atomic E-state index is 12.8. The lowest BCUT2D eigenvalue weighted by Crippen LogP contribution is -2.32. The van der Waals surface area contributed by atoms with Gasteiger partial charge in [-0.25, -0.2) is 4.39 Å². The molecule has 1 aliphatic carbocycles. The molecule has 1 aromatic rings. The summed E-state index contributed by atoms with van der Waals surface area (Å²) in [6.45, 7) is 0.638. The van der Waals surface area contributed by atoms with E-state index in [0.717, 1.165) is 18.4 Å². The summed E-state index contributed by atoms with van der Waals surface area (Å²) in [6.07, 6.45) is 6.24. The number of nitrogens with zero attached hydrogens (tertiary/aromatic N) is 1. The Morgan fingerprint density at radius 3 is 3.00 bits per heavy atom. The molecule has 2 rings (SSSR count). The third-order valence-corrected chi connectivity index (χ3v) is 3.28. The molecule has 1 heterocycles. The zero-order chi connectivity index (χ0) is 10.7. The predicted octanol–water partition coefficient (Wildman–Crippen LogP) is 2.47. The molecule has 2 unspecified atom stereocenters. The first-order valence-corrected chi connectivity index (χ1v) is 5.66. The normalized spacial score (nSPS) is 25.7. The summed E-state index contributed by atoms with van der Waals surface area (Å²) in [7, 11) is 0. The van der Waals surface area contributed by atoms with Crippen LogP contribution in [-0.4, -0.2) is 16.4 Å². The average molecular weight is 229 g/mol. The van der Waals surface area contributed by atoms with Gasteiger partial charge >= 0.3 is 0 Å². The summed E-state index contributed by atoms with van der Waals surface area (Å²) in [4.78, 5) is 3.80. The highest BCUT2D eigenvalue weighted by molar-refractivity contribution is 6.21. The molecule has 1 aliphatic rings. The van der Waals surface area contributed by atoms with E-state index in [1.54, 1.807) is 6.20 Å². The molecule has 1 fully saturated rings. The van der Waals surface area contributed by atoms with Crippen LogP contribution in [0.5, 0.6) is 0 Å². The topological polar surface area (TPSA) is 24.9 Å². The molecule has 2 atom stereocenters. The van der Waals surface area contributed by atoms with Gasteiger partial charge in [0.05, 0.1) is 6.20 Å². The van der Waals surface area contributed by atoms with E-state index in [1.807, 2.05) is 0 Å². The van der Waals surface area contributed by atoms with Crippen molar-refractivity contribution in [2.75, 3.05) is 0 Å². The number of halogens is 2. The van der Waals surface area contributed by atoms with Crippen LogP contribution in [0.2, 0.25) is 0 Å². The van der Waals surface area contributed by atoms with Crippen LogP contribution in [0.4, 0.5) is 4.39 Å². The molecule has 1 aromatic heterocycles. The summed E-state index contributed by atoms with van der Waals surface area (Å²) >= 11 is 6.12. The summed E-state index contributed by atoms with van der Waals surface area (Å²) in [6, 6.07) is 1.85.